The van der Waals surface area contributed by atoms with Crippen molar-refractivity contribution in [3.05, 3.63) is 28.2 Å². The predicted octanol–water partition coefficient (Wildman–Crippen LogP) is 1.84. The zero-order valence-corrected chi connectivity index (χ0v) is 8.40. The Labute approximate surface area is 86.7 Å². The molecule has 0 aromatic heterocycles. The average molecular weight is 221 g/mol. The first-order valence-corrected chi connectivity index (χ1v) is 4.51. The van der Waals surface area contributed by atoms with Crippen LogP contribution in [0.2, 0.25) is 10.0 Å². The van der Waals surface area contributed by atoms with E-state index >= 15 is 0 Å². The molecule has 0 aliphatic rings. The summed E-state index contributed by atoms with van der Waals surface area (Å²) in [6.07, 6.45) is 0. The Hall–Kier alpha value is -0.480. The highest BCUT2D eigenvalue weighted by molar-refractivity contribution is 6.34. The molecule has 0 aliphatic carbocycles. The molecule has 13 heavy (non-hydrogen) atoms. The number of halogens is 2. The van der Waals surface area contributed by atoms with Crippen LogP contribution in [0.1, 0.15) is 0 Å². The van der Waals surface area contributed by atoms with Crippen molar-refractivity contribution in [2.75, 3.05) is 13.2 Å². The maximum absolute atomic E-state index is 5.84. The minimum Gasteiger partial charge on any atom is -0.491 e. The van der Waals surface area contributed by atoms with E-state index in [1.807, 2.05) is 0 Å². The first kappa shape index (κ1) is 10.6. The fraction of sp³-hybridized carbons (Fsp3) is 0.250. The van der Waals surface area contributed by atoms with Gasteiger partial charge in [0.15, 0.2) is 0 Å². The zero-order valence-electron chi connectivity index (χ0n) is 6.89. The molecule has 0 amide bonds. The summed E-state index contributed by atoms with van der Waals surface area (Å²) < 4.78 is 5.30. The average Bonchev–Trinajstić information content (AvgIpc) is 2.11. The van der Waals surface area contributed by atoms with Gasteiger partial charge in [0.25, 0.3) is 0 Å². The van der Waals surface area contributed by atoms with Crippen molar-refractivity contribution in [2.24, 2.45) is 5.84 Å². The number of hydrogen-bond acceptors (Lipinski definition) is 3. The third kappa shape index (κ3) is 3.40. The van der Waals surface area contributed by atoms with E-state index in [0.717, 1.165) is 0 Å². The second-order valence-corrected chi connectivity index (χ2v) is 3.22. The van der Waals surface area contributed by atoms with E-state index in [0.29, 0.717) is 28.9 Å². The number of nitrogens with one attached hydrogen (secondary N) is 1. The molecule has 0 unspecified atom stereocenters. The normalized spacial score (nSPS) is 10.1. The van der Waals surface area contributed by atoms with E-state index in [2.05, 4.69) is 5.43 Å². The lowest BCUT2D eigenvalue weighted by molar-refractivity contribution is 0.315. The van der Waals surface area contributed by atoms with Crippen molar-refractivity contribution in [1.29, 1.82) is 0 Å². The number of nitrogens with two attached hydrogens (primary N) is 1. The van der Waals surface area contributed by atoms with Crippen LogP contribution in [0.25, 0.3) is 0 Å². The SMILES string of the molecule is NNCCOc1cc(Cl)ccc1Cl. The summed E-state index contributed by atoms with van der Waals surface area (Å²) in [5.41, 5.74) is 2.47. The molecule has 0 saturated heterocycles. The van der Waals surface area contributed by atoms with Crippen LogP contribution in [-0.4, -0.2) is 13.2 Å². The maximum Gasteiger partial charge on any atom is 0.139 e. The van der Waals surface area contributed by atoms with Crippen LogP contribution in [0.5, 0.6) is 5.75 Å². The molecule has 1 rings (SSSR count). The number of ether oxygens (including phenoxy) is 1. The molecule has 1 aromatic rings. The highest BCUT2D eigenvalue weighted by atomic mass is 35.5. The molecular formula is C8H10Cl2N2O. The smallest absolute Gasteiger partial charge is 0.139 e. The second kappa shape index (κ2) is 5.29. The molecule has 72 valence electrons. The molecule has 3 nitrogen and oxygen atoms in total. The van der Waals surface area contributed by atoms with Crippen molar-refractivity contribution >= 4 is 23.2 Å². The van der Waals surface area contributed by atoms with E-state index < -0.39 is 0 Å². The Kier molecular flexibility index (Phi) is 4.32. The lowest BCUT2D eigenvalue weighted by atomic mass is 10.3. The van der Waals surface area contributed by atoms with Gasteiger partial charge in [0, 0.05) is 17.6 Å². The predicted molar refractivity (Wildman–Crippen MR) is 54.1 cm³/mol. The van der Waals surface area contributed by atoms with Crippen LogP contribution in [0.4, 0.5) is 0 Å². The summed E-state index contributed by atoms with van der Waals surface area (Å²) in [4.78, 5) is 0. The minimum absolute atomic E-state index is 0.455. The van der Waals surface area contributed by atoms with Crippen LogP contribution < -0.4 is 16.0 Å². The third-order valence-electron chi connectivity index (χ3n) is 1.40. The molecule has 3 N–H and O–H groups in total. The van der Waals surface area contributed by atoms with Crippen molar-refractivity contribution in [2.45, 2.75) is 0 Å². The molecule has 0 aliphatic heterocycles. The van der Waals surface area contributed by atoms with Gasteiger partial charge in [-0.15, -0.1) is 0 Å². The van der Waals surface area contributed by atoms with Gasteiger partial charge in [-0.05, 0) is 12.1 Å². The molecule has 5 heteroatoms. The van der Waals surface area contributed by atoms with Crippen LogP contribution in [0, 0.1) is 0 Å². The van der Waals surface area contributed by atoms with Crippen LogP contribution in [0.15, 0.2) is 18.2 Å². The van der Waals surface area contributed by atoms with Crippen molar-refractivity contribution in [3.63, 3.8) is 0 Å². The second-order valence-electron chi connectivity index (χ2n) is 2.38. The first-order chi connectivity index (χ1) is 6.24. The summed E-state index contributed by atoms with van der Waals surface area (Å²) in [7, 11) is 0. The fourth-order valence-corrected chi connectivity index (χ4v) is 1.14. The Balaban J connectivity index is 2.59. The molecule has 0 spiro atoms. The quantitative estimate of drug-likeness (QED) is 0.463. The molecular weight excluding hydrogens is 211 g/mol. The van der Waals surface area contributed by atoms with Gasteiger partial charge in [0.1, 0.15) is 12.4 Å². The van der Waals surface area contributed by atoms with Gasteiger partial charge >= 0.3 is 0 Å². The minimum atomic E-state index is 0.455. The highest BCUT2D eigenvalue weighted by Gasteiger charge is 2.01. The largest absolute Gasteiger partial charge is 0.491 e. The van der Waals surface area contributed by atoms with E-state index in [1.54, 1.807) is 18.2 Å². The van der Waals surface area contributed by atoms with E-state index in [1.165, 1.54) is 0 Å². The topological polar surface area (TPSA) is 47.3 Å². The van der Waals surface area contributed by atoms with Crippen LogP contribution in [0.3, 0.4) is 0 Å². The Morgan fingerprint density at radius 3 is 2.85 bits per heavy atom. The summed E-state index contributed by atoms with van der Waals surface area (Å²) >= 11 is 11.6. The Bertz CT molecular complexity index is 281. The molecule has 0 heterocycles. The summed E-state index contributed by atoms with van der Waals surface area (Å²) in [6.45, 7) is 1.01. The van der Waals surface area contributed by atoms with Gasteiger partial charge in [0.2, 0.25) is 0 Å². The number of hydrazine groups is 1. The van der Waals surface area contributed by atoms with Gasteiger partial charge in [0.05, 0.1) is 5.02 Å². The molecule has 1 aromatic carbocycles. The third-order valence-corrected chi connectivity index (χ3v) is 1.94. The number of rotatable bonds is 4. The van der Waals surface area contributed by atoms with Crippen LogP contribution >= 0.6 is 23.2 Å². The van der Waals surface area contributed by atoms with E-state index in [4.69, 9.17) is 33.8 Å². The lowest BCUT2D eigenvalue weighted by Crippen LogP contribution is -2.27. The van der Waals surface area contributed by atoms with Crippen LogP contribution in [-0.2, 0) is 0 Å². The standard InChI is InChI=1S/C8H10Cl2N2O/c9-6-1-2-7(10)8(5-6)13-4-3-12-11/h1-2,5,12H,3-4,11H2. The van der Waals surface area contributed by atoms with Crippen molar-refractivity contribution in [3.8, 4) is 5.75 Å². The van der Waals surface area contributed by atoms with Gasteiger partial charge in [-0.2, -0.15) is 0 Å². The monoisotopic (exact) mass is 220 g/mol. The molecule has 0 saturated carbocycles. The maximum atomic E-state index is 5.84. The molecule has 0 bridgehead atoms. The summed E-state index contributed by atoms with van der Waals surface area (Å²) in [5, 5.41) is 1.14. The molecule has 0 fully saturated rings. The van der Waals surface area contributed by atoms with Gasteiger partial charge < -0.3 is 4.74 Å². The fourth-order valence-electron chi connectivity index (χ4n) is 0.808. The van der Waals surface area contributed by atoms with Crippen molar-refractivity contribution < 1.29 is 4.74 Å². The number of hydrogen-bond donors (Lipinski definition) is 2. The Morgan fingerprint density at radius 1 is 1.38 bits per heavy atom. The zero-order chi connectivity index (χ0) is 9.68. The van der Waals surface area contributed by atoms with Gasteiger partial charge in [-0.25, -0.2) is 0 Å². The lowest BCUT2D eigenvalue weighted by Gasteiger charge is -2.07. The summed E-state index contributed by atoms with van der Waals surface area (Å²) in [6, 6.07) is 5.06. The highest BCUT2D eigenvalue weighted by Crippen LogP contribution is 2.27. The molecule has 0 atom stereocenters. The van der Waals surface area contributed by atoms with Crippen molar-refractivity contribution in [1.82, 2.24) is 5.43 Å². The Morgan fingerprint density at radius 2 is 2.15 bits per heavy atom. The summed E-state index contributed by atoms with van der Waals surface area (Å²) in [5.74, 6) is 5.65. The van der Waals surface area contributed by atoms with E-state index in [-0.39, 0.29) is 0 Å². The van der Waals surface area contributed by atoms with Gasteiger partial charge in [-0.3, -0.25) is 11.3 Å². The number of benzene rings is 1. The van der Waals surface area contributed by atoms with Gasteiger partial charge in [-0.1, -0.05) is 23.2 Å². The van der Waals surface area contributed by atoms with E-state index in [9.17, 15) is 0 Å². The first-order valence-electron chi connectivity index (χ1n) is 3.75. The molecule has 0 radical (unpaired) electrons.